The molecule has 2 aliphatic rings. The maximum atomic E-state index is 13.1. The Balaban J connectivity index is 2.36. The minimum Gasteiger partial charge on any atom is -0.453 e. The number of esters is 1. The van der Waals surface area contributed by atoms with E-state index in [0.717, 1.165) is 0 Å². The summed E-state index contributed by atoms with van der Waals surface area (Å²) in [6, 6.07) is 0. The van der Waals surface area contributed by atoms with Crippen LogP contribution in [0.4, 0.5) is 26.3 Å². The normalized spacial score (nSPS) is 24.3. The fourth-order valence-corrected chi connectivity index (χ4v) is 2.28. The van der Waals surface area contributed by atoms with Crippen LogP contribution in [0.2, 0.25) is 0 Å². The van der Waals surface area contributed by atoms with Crippen LogP contribution >= 0.6 is 0 Å². The lowest BCUT2D eigenvalue weighted by Crippen LogP contribution is -2.67. The molecule has 23 heavy (non-hydrogen) atoms. The fourth-order valence-electron chi connectivity index (χ4n) is 2.28. The van der Waals surface area contributed by atoms with Gasteiger partial charge in [0.2, 0.25) is 0 Å². The van der Waals surface area contributed by atoms with Gasteiger partial charge in [-0.2, -0.15) is 36.1 Å². The van der Waals surface area contributed by atoms with Gasteiger partial charge in [0.15, 0.2) is 11.9 Å². The Morgan fingerprint density at radius 1 is 1.04 bits per heavy atom. The Morgan fingerprint density at radius 3 is 2.00 bits per heavy atom. The summed E-state index contributed by atoms with van der Waals surface area (Å²) in [6.07, 6.45) is -16.6. The number of hydrogen-bond acceptors (Lipinski definition) is 6. The predicted molar refractivity (Wildman–Crippen MR) is 54.9 cm³/mol. The Labute approximate surface area is 124 Å². The van der Waals surface area contributed by atoms with Crippen LogP contribution in [-0.4, -0.2) is 36.5 Å². The molecule has 1 atom stereocenters. The second-order valence-corrected chi connectivity index (χ2v) is 5.00. The summed E-state index contributed by atoms with van der Waals surface area (Å²) in [5, 5.41) is 3.42. The van der Waals surface area contributed by atoms with E-state index in [1.165, 1.54) is 0 Å². The zero-order valence-corrected chi connectivity index (χ0v) is 11.2. The van der Waals surface area contributed by atoms with E-state index in [0.29, 0.717) is 12.8 Å². The van der Waals surface area contributed by atoms with Gasteiger partial charge in [-0.05, 0) is 19.3 Å². The molecule has 0 N–H and O–H groups in total. The van der Waals surface area contributed by atoms with Gasteiger partial charge in [-0.25, -0.2) is 0 Å². The molecule has 0 aromatic carbocycles. The Morgan fingerprint density at radius 2 is 1.61 bits per heavy atom. The van der Waals surface area contributed by atoms with Crippen molar-refractivity contribution >= 4 is 11.8 Å². The largest absolute Gasteiger partial charge is 0.453 e. The molecule has 1 saturated carbocycles. The quantitative estimate of drug-likeness (QED) is 0.441. The molecule has 1 aliphatic carbocycles. The van der Waals surface area contributed by atoms with Gasteiger partial charge >= 0.3 is 23.7 Å². The molecule has 132 valence electrons. The van der Waals surface area contributed by atoms with Gasteiger partial charge in [0, 0.05) is 6.42 Å². The van der Waals surface area contributed by atoms with E-state index < -0.39 is 41.9 Å². The molecule has 12 heteroatoms. The molecule has 2 fully saturated rings. The maximum absolute atomic E-state index is 13.1. The van der Waals surface area contributed by atoms with Crippen molar-refractivity contribution in [1.29, 1.82) is 0 Å². The molecule has 0 bridgehead atoms. The lowest BCUT2D eigenvalue weighted by atomic mass is 9.84. The van der Waals surface area contributed by atoms with Crippen molar-refractivity contribution in [1.82, 2.24) is 0 Å². The SMILES string of the molecule is O=C1CCCCC1OC(=O)C(C1OOO1)(C(F)(F)F)C(F)(F)F. The van der Waals surface area contributed by atoms with Gasteiger partial charge in [-0.15, -0.1) is 0 Å². The number of Topliss-reactive ketones (excluding diaryl/α,β-unsaturated/α-hetero) is 1. The van der Waals surface area contributed by atoms with Crippen LogP contribution in [0.5, 0.6) is 0 Å². The van der Waals surface area contributed by atoms with E-state index in [-0.39, 0.29) is 12.8 Å². The van der Waals surface area contributed by atoms with Gasteiger partial charge in [-0.1, -0.05) is 5.04 Å². The highest BCUT2D eigenvalue weighted by atomic mass is 19.4. The van der Waals surface area contributed by atoms with Gasteiger partial charge < -0.3 is 4.74 Å². The van der Waals surface area contributed by atoms with Crippen LogP contribution in [0.3, 0.4) is 0 Å². The summed E-state index contributed by atoms with van der Waals surface area (Å²) < 4.78 is 83.0. The highest BCUT2D eigenvalue weighted by molar-refractivity contribution is 5.88. The van der Waals surface area contributed by atoms with Gasteiger partial charge in [0.1, 0.15) is 0 Å². The minimum absolute atomic E-state index is 0.0947. The molecular weight excluding hydrogens is 342 g/mol. The number of carbonyl (C=O) groups is 2. The fraction of sp³-hybridized carbons (Fsp3) is 0.818. The third-order valence-corrected chi connectivity index (χ3v) is 3.57. The summed E-state index contributed by atoms with van der Waals surface area (Å²) in [4.78, 5) is 30.5. The summed E-state index contributed by atoms with van der Waals surface area (Å²) in [7, 11) is 0. The van der Waals surface area contributed by atoms with Gasteiger partial charge in [0.05, 0.1) is 0 Å². The second-order valence-electron chi connectivity index (χ2n) is 5.00. The van der Waals surface area contributed by atoms with Gasteiger partial charge in [-0.3, -0.25) is 9.59 Å². The number of hydrogen-bond donors (Lipinski definition) is 0. The molecule has 0 aromatic rings. The van der Waals surface area contributed by atoms with E-state index in [4.69, 9.17) is 0 Å². The lowest BCUT2D eigenvalue weighted by Gasteiger charge is -2.41. The Hall–Kier alpha value is -1.40. The number of carbonyl (C=O) groups excluding carboxylic acids is 2. The van der Waals surface area contributed by atoms with E-state index in [1.807, 2.05) is 0 Å². The Bertz CT molecular complexity index is 468. The van der Waals surface area contributed by atoms with E-state index in [9.17, 15) is 35.9 Å². The van der Waals surface area contributed by atoms with Crippen LogP contribution in [0, 0.1) is 5.41 Å². The highest BCUT2D eigenvalue weighted by Gasteiger charge is 2.84. The van der Waals surface area contributed by atoms with Crippen molar-refractivity contribution in [3.05, 3.63) is 0 Å². The third-order valence-electron chi connectivity index (χ3n) is 3.57. The first-order valence-electron chi connectivity index (χ1n) is 6.38. The first-order chi connectivity index (χ1) is 10.5. The van der Waals surface area contributed by atoms with Crippen molar-refractivity contribution in [3.63, 3.8) is 0 Å². The first-order valence-corrected chi connectivity index (χ1v) is 6.38. The third kappa shape index (κ3) is 2.90. The standard InChI is InChI=1S/C11H10F6O6/c12-10(13,14)9(11(15,16)17,8-21-23-22-8)7(19)20-6-4-2-1-3-5(6)18/h6,8H,1-4H2. The number of ether oxygens (including phenoxy) is 1. The van der Waals surface area contributed by atoms with Crippen LogP contribution in [0.25, 0.3) is 0 Å². The van der Waals surface area contributed by atoms with Crippen molar-refractivity contribution in [2.45, 2.75) is 50.4 Å². The van der Waals surface area contributed by atoms with Crippen LogP contribution in [0.1, 0.15) is 25.7 Å². The molecule has 2 rings (SSSR count). The first kappa shape index (κ1) is 17.9. The highest BCUT2D eigenvalue weighted by Crippen LogP contribution is 2.56. The summed E-state index contributed by atoms with van der Waals surface area (Å²) in [5.74, 6) is -3.46. The zero-order chi connectivity index (χ0) is 17.5. The zero-order valence-electron chi connectivity index (χ0n) is 11.2. The Kier molecular flexibility index (Phi) is 4.61. The minimum atomic E-state index is -6.16. The molecule has 1 heterocycles. The molecule has 0 amide bonds. The summed E-state index contributed by atoms with van der Waals surface area (Å²) >= 11 is 0. The predicted octanol–water partition coefficient (Wildman–Crippen LogP) is 2.37. The molecule has 0 spiro atoms. The number of alkyl halides is 6. The summed E-state index contributed by atoms with van der Waals surface area (Å²) in [5.41, 5.74) is -5.12. The van der Waals surface area contributed by atoms with Crippen LogP contribution < -0.4 is 0 Å². The second kappa shape index (κ2) is 5.91. The number of ketones is 1. The topological polar surface area (TPSA) is 71.1 Å². The molecule has 1 unspecified atom stereocenters. The van der Waals surface area contributed by atoms with Crippen LogP contribution in [-0.2, 0) is 29.1 Å². The number of halogens is 6. The summed E-state index contributed by atoms with van der Waals surface area (Å²) in [6.45, 7) is 0. The average Bonchev–Trinajstić information content (AvgIpc) is 2.32. The van der Waals surface area contributed by atoms with Crippen molar-refractivity contribution in [3.8, 4) is 0 Å². The van der Waals surface area contributed by atoms with E-state index >= 15 is 0 Å². The van der Waals surface area contributed by atoms with Crippen molar-refractivity contribution in [2.75, 3.05) is 0 Å². The van der Waals surface area contributed by atoms with E-state index in [2.05, 4.69) is 19.6 Å². The van der Waals surface area contributed by atoms with E-state index in [1.54, 1.807) is 0 Å². The molecule has 6 nitrogen and oxygen atoms in total. The smallest absolute Gasteiger partial charge is 0.419 e. The van der Waals surface area contributed by atoms with Crippen LogP contribution in [0.15, 0.2) is 0 Å². The molecule has 1 saturated heterocycles. The monoisotopic (exact) mass is 352 g/mol. The van der Waals surface area contributed by atoms with Crippen molar-refractivity contribution in [2.24, 2.45) is 5.41 Å². The molecule has 0 aromatic heterocycles. The average molecular weight is 352 g/mol. The number of rotatable bonds is 3. The van der Waals surface area contributed by atoms with Gasteiger partial charge in [0.25, 0.3) is 6.29 Å². The maximum Gasteiger partial charge on any atom is 0.419 e. The molecule has 0 radical (unpaired) electrons. The molecular formula is C11H10F6O6. The van der Waals surface area contributed by atoms with Crippen molar-refractivity contribution < 1.29 is 55.5 Å². The molecule has 1 aliphatic heterocycles. The lowest BCUT2D eigenvalue weighted by molar-refractivity contribution is -0.715.